The number of aryl methyl sites for hydroxylation is 1. The Hall–Kier alpha value is -2.56. The van der Waals surface area contributed by atoms with Crippen molar-refractivity contribution < 1.29 is 9.59 Å². The number of benzene rings is 1. The summed E-state index contributed by atoms with van der Waals surface area (Å²) in [5, 5.41) is 5.82. The molecule has 1 aliphatic rings. The molecule has 2 aromatic rings. The Morgan fingerprint density at radius 2 is 2.05 bits per heavy atom. The topological polar surface area (TPSA) is 63.1 Å². The zero-order valence-corrected chi connectivity index (χ0v) is 12.9. The Morgan fingerprint density at radius 1 is 1.32 bits per heavy atom. The van der Waals surface area contributed by atoms with Crippen LogP contribution in [0.25, 0.3) is 0 Å². The van der Waals surface area contributed by atoms with Crippen LogP contribution in [0.2, 0.25) is 0 Å². The number of hydrogen-bond acceptors (Lipinski definition) is 2. The van der Waals surface area contributed by atoms with E-state index in [2.05, 4.69) is 10.6 Å². The molecule has 1 aliphatic heterocycles. The van der Waals surface area contributed by atoms with Gasteiger partial charge in [0, 0.05) is 24.1 Å². The summed E-state index contributed by atoms with van der Waals surface area (Å²) in [6.45, 7) is 3.89. The van der Waals surface area contributed by atoms with Crippen LogP contribution in [0.4, 0.5) is 5.69 Å². The minimum Gasteiger partial charge on any atom is -0.351 e. The normalized spacial score (nSPS) is 16.9. The van der Waals surface area contributed by atoms with E-state index >= 15 is 0 Å². The van der Waals surface area contributed by atoms with E-state index in [0.29, 0.717) is 5.56 Å². The van der Waals surface area contributed by atoms with Crippen LogP contribution in [-0.2, 0) is 11.8 Å². The maximum atomic E-state index is 12.6. The maximum absolute atomic E-state index is 12.6. The molecule has 3 rings (SSSR count). The van der Waals surface area contributed by atoms with Crippen LogP contribution in [0.1, 0.15) is 39.8 Å². The Labute approximate surface area is 129 Å². The number of nitrogens with one attached hydrogen (secondary N) is 2. The van der Waals surface area contributed by atoms with Crippen molar-refractivity contribution >= 4 is 17.5 Å². The fourth-order valence-electron chi connectivity index (χ4n) is 2.86. The fourth-order valence-corrected chi connectivity index (χ4v) is 2.86. The molecule has 114 valence electrons. The number of carbonyl (C=O) groups is 2. The number of aromatic nitrogens is 1. The number of amides is 2. The van der Waals surface area contributed by atoms with Gasteiger partial charge in [-0.2, -0.15) is 0 Å². The van der Waals surface area contributed by atoms with Gasteiger partial charge in [0.1, 0.15) is 0 Å². The summed E-state index contributed by atoms with van der Waals surface area (Å²) in [6, 6.07) is 9.14. The van der Waals surface area contributed by atoms with Crippen molar-refractivity contribution in [3.63, 3.8) is 0 Å². The summed E-state index contributed by atoms with van der Waals surface area (Å²) in [4.78, 5) is 24.4. The first-order chi connectivity index (χ1) is 10.5. The van der Waals surface area contributed by atoms with E-state index < -0.39 is 0 Å². The second-order valence-corrected chi connectivity index (χ2v) is 5.71. The van der Waals surface area contributed by atoms with Crippen molar-refractivity contribution in [1.82, 2.24) is 9.88 Å². The van der Waals surface area contributed by atoms with Crippen molar-refractivity contribution in [3.8, 4) is 0 Å². The van der Waals surface area contributed by atoms with Gasteiger partial charge in [0.05, 0.1) is 18.0 Å². The summed E-state index contributed by atoms with van der Waals surface area (Å²) < 4.78 is 1.98. The fraction of sp³-hybridized carbons (Fsp3) is 0.294. The molecule has 1 unspecified atom stereocenters. The van der Waals surface area contributed by atoms with E-state index in [9.17, 15) is 9.59 Å². The third-order valence-electron chi connectivity index (χ3n) is 4.32. The summed E-state index contributed by atoms with van der Waals surface area (Å²) >= 11 is 0. The minimum absolute atomic E-state index is 0.0787. The molecular formula is C17H19N3O2. The Kier molecular flexibility index (Phi) is 3.48. The summed E-state index contributed by atoms with van der Waals surface area (Å²) in [5.74, 6) is -0.222. The molecule has 2 heterocycles. The Bertz CT molecular complexity index is 761. The average Bonchev–Trinajstić information content (AvgIpc) is 2.75. The number of hydrogen-bond donors (Lipinski definition) is 2. The van der Waals surface area contributed by atoms with Gasteiger partial charge in [0.2, 0.25) is 5.91 Å². The number of fused-ring (bicyclic) bond motifs is 1. The van der Waals surface area contributed by atoms with Crippen molar-refractivity contribution in [3.05, 3.63) is 52.8 Å². The maximum Gasteiger partial charge on any atom is 0.253 e. The van der Waals surface area contributed by atoms with E-state index in [1.807, 2.05) is 55.8 Å². The standard InChI is InChI=1S/C17H19N3O2/c1-10-8-13(11(2)20(10)3)17(22)19-15-9-16(21)18-14-7-5-4-6-12(14)15/h4-8,15H,9H2,1-3H3,(H,18,21)(H,19,22). The number of rotatable bonds is 2. The molecular weight excluding hydrogens is 278 g/mol. The van der Waals surface area contributed by atoms with Crippen LogP contribution in [0.5, 0.6) is 0 Å². The van der Waals surface area contributed by atoms with Crippen molar-refractivity contribution in [1.29, 1.82) is 0 Å². The third-order valence-corrected chi connectivity index (χ3v) is 4.32. The van der Waals surface area contributed by atoms with Crippen LogP contribution >= 0.6 is 0 Å². The van der Waals surface area contributed by atoms with Crippen LogP contribution < -0.4 is 10.6 Å². The lowest BCUT2D eigenvalue weighted by molar-refractivity contribution is -0.116. The molecule has 5 nitrogen and oxygen atoms in total. The van der Waals surface area contributed by atoms with Gasteiger partial charge in [-0.1, -0.05) is 18.2 Å². The van der Waals surface area contributed by atoms with Gasteiger partial charge in [0.15, 0.2) is 0 Å². The number of anilines is 1. The first kappa shape index (κ1) is 14.4. The van der Waals surface area contributed by atoms with E-state index in [-0.39, 0.29) is 24.3 Å². The second-order valence-electron chi connectivity index (χ2n) is 5.71. The lowest BCUT2D eigenvalue weighted by atomic mass is 9.97. The first-order valence-corrected chi connectivity index (χ1v) is 7.30. The molecule has 0 spiro atoms. The molecule has 0 radical (unpaired) electrons. The second kappa shape index (κ2) is 5.33. The lowest BCUT2D eigenvalue weighted by Gasteiger charge is -2.26. The predicted molar refractivity (Wildman–Crippen MR) is 84.8 cm³/mol. The summed E-state index contributed by atoms with van der Waals surface area (Å²) in [6.07, 6.45) is 0.258. The molecule has 1 aromatic heterocycles. The highest BCUT2D eigenvalue weighted by Crippen LogP contribution is 2.30. The SMILES string of the molecule is Cc1cc(C(=O)NC2CC(=O)Nc3ccccc32)c(C)n1C. The third kappa shape index (κ3) is 2.39. The molecule has 22 heavy (non-hydrogen) atoms. The minimum atomic E-state index is -0.294. The van der Waals surface area contributed by atoms with Crippen molar-refractivity contribution in [2.45, 2.75) is 26.3 Å². The van der Waals surface area contributed by atoms with Crippen LogP contribution in [0, 0.1) is 13.8 Å². The number of carbonyl (C=O) groups excluding carboxylic acids is 2. The van der Waals surface area contributed by atoms with Gasteiger partial charge in [-0.3, -0.25) is 9.59 Å². The van der Waals surface area contributed by atoms with E-state index in [1.54, 1.807) is 0 Å². The van der Waals surface area contributed by atoms with Crippen LogP contribution in [0.15, 0.2) is 30.3 Å². The first-order valence-electron chi connectivity index (χ1n) is 7.30. The van der Waals surface area contributed by atoms with Gasteiger partial charge in [-0.15, -0.1) is 0 Å². The van der Waals surface area contributed by atoms with Crippen LogP contribution in [0.3, 0.4) is 0 Å². The lowest BCUT2D eigenvalue weighted by Crippen LogP contribution is -2.35. The van der Waals surface area contributed by atoms with E-state index in [0.717, 1.165) is 22.6 Å². The zero-order chi connectivity index (χ0) is 15.9. The molecule has 0 fully saturated rings. The molecule has 5 heteroatoms. The smallest absolute Gasteiger partial charge is 0.253 e. The zero-order valence-electron chi connectivity index (χ0n) is 12.9. The number of nitrogens with zero attached hydrogens (tertiary/aromatic N) is 1. The molecule has 0 saturated carbocycles. The quantitative estimate of drug-likeness (QED) is 0.894. The average molecular weight is 297 g/mol. The molecule has 0 saturated heterocycles. The number of para-hydroxylation sites is 1. The molecule has 2 amide bonds. The summed E-state index contributed by atoms with van der Waals surface area (Å²) in [5.41, 5.74) is 4.32. The van der Waals surface area contributed by atoms with E-state index in [4.69, 9.17) is 0 Å². The highest BCUT2D eigenvalue weighted by Gasteiger charge is 2.27. The van der Waals surface area contributed by atoms with Gasteiger partial charge >= 0.3 is 0 Å². The highest BCUT2D eigenvalue weighted by molar-refractivity contribution is 5.98. The van der Waals surface area contributed by atoms with Gasteiger partial charge in [-0.05, 0) is 31.5 Å². The van der Waals surface area contributed by atoms with Gasteiger partial charge in [0.25, 0.3) is 5.91 Å². The van der Waals surface area contributed by atoms with Crippen molar-refractivity contribution in [2.75, 3.05) is 5.32 Å². The summed E-state index contributed by atoms with van der Waals surface area (Å²) in [7, 11) is 1.94. The molecule has 0 bridgehead atoms. The molecule has 2 N–H and O–H groups in total. The Balaban J connectivity index is 1.88. The Morgan fingerprint density at radius 3 is 2.73 bits per heavy atom. The van der Waals surface area contributed by atoms with Crippen molar-refractivity contribution in [2.24, 2.45) is 7.05 Å². The van der Waals surface area contributed by atoms with Gasteiger partial charge in [-0.25, -0.2) is 0 Å². The van der Waals surface area contributed by atoms with Crippen LogP contribution in [-0.4, -0.2) is 16.4 Å². The van der Waals surface area contributed by atoms with E-state index in [1.165, 1.54) is 0 Å². The molecule has 1 aromatic carbocycles. The highest BCUT2D eigenvalue weighted by atomic mass is 16.2. The monoisotopic (exact) mass is 297 g/mol. The predicted octanol–water partition coefficient (Wildman–Crippen LogP) is 2.46. The molecule has 0 aliphatic carbocycles. The van der Waals surface area contributed by atoms with Gasteiger partial charge < -0.3 is 15.2 Å². The largest absolute Gasteiger partial charge is 0.351 e. The molecule has 1 atom stereocenters.